The van der Waals surface area contributed by atoms with Gasteiger partial charge in [0.25, 0.3) is 5.91 Å². The molecule has 3 heterocycles. The first kappa shape index (κ1) is 15.8. The average molecular weight is 356 g/mol. The Labute approximate surface area is 148 Å². The second kappa shape index (κ2) is 6.64. The highest BCUT2D eigenvalue weighted by Crippen LogP contribution is 2.23. The van der Waals surface area contributed by atoms with Crippen LogP contribution in [-0.4, -0.2) is 52.1 Å². The van der Waals surface area contributed by atoms with E-state index < -0.39 is 0 Å². The number of methoxy groups -OCH3 is 1. The summed E-state index contributed by atoms with van der Waals surface area (Å²) in [5.74, 6) is 0.823. The van der Waals surface area contributed by atoms with Gasteiger partial charge in [-0.2, -0.15) is 4.98 Å². The van der Waals surface area contributed by atoms with E-state index in [1.165, 1.54) is 24.6 Å². The van der Waals surface area contributed by atoms with E-state index in [0.29, 0.717) is 30.4 Å². The van der Waals surface area contributed by atoms with E-state index >= 15 is 0 Å². The Morgan fingerprint density at radius 2 is 2.20 bits per heavy atom. The van der Waals surface area contributed by atoms with Crippen molar-refractivity contribution in [2.45, 2.75) is 12.5 Å². The Bertz CT molecular complexity index is 914. The van der Waals surface area contributed by atoms with Crippen molar-refractivity contribution in [3.63, 3.8) is 0 Å². The van der Waals surface area contributed by atoms with Crippen LogP contribution in [0.25, 0.3) is 10.2 Å². The Kier molecular flexibility index (Phi) is 4.19. The van der Waals surface area contributed by atoms with Crippen LogP contribution in [0.4, 0.5) is 0 Å². The molecule has 128 valence electrons. The second-order valence-corrected chi connectivity index (χ2v) is 6.60. The number of nitrogens with zero attached hydrogens (tertiary/aromatic N) is 4. The SMILES string of the molecule is COc1cncc(O[C@@H]2CCN(C(=O)c3ccc4ncsc4c3)C2)n1. The van der Waals surface area contributed by atoms with Crippen LogP contribution in [-0.2, 0) is 0 Å². The summed E-state index contributed by atoms with van der Waals surface area (Å²) in [4.78, 5) is 27.0. The summed E-state index contributed by atoms with van der Waals surface area (Å²) in [5.41, 5.74) is 3.38. The normalized spacial score (nSPS) is 17.0. The van der Waals surface area contributed by atoms with Gasteiger partial charge < -0.3 is 14.4 Å². The van der Waals surface area contributed by atoms with Crippen LogP contribution < -0.4 is 9.47 Å². The summed E-state index contributed by atoms with van der Waals surface area (Å²) in [5, 5.41) is 0. The lowest BCUT2D eigenvalue weighted by Crippen LogP contribution is -2.31. The second-order valence-electron chi connectivity index (χ2n) is 5.71. The largest absolute Gasteiger partial charge is 0.480 e. The van der Waals surface area contributed by atoms with E-state index in [1.807, 2.05) is 18.2 Å². The molecule has 4 rings (SSSR count). The van der Waals surface area contributed by atoms with Crippen LogP contribution in [0.15, 0.2) is 36.1 Å². The Morgan fingerprint density at radius 3 is 3.08 bits per heavy atom. The number of carbonyl (C=O) groups is 1. The van der Waals surface area contributed by atoms with Gasteiger partial charge in [0.05, 0.1) is 41.8 Å². The summed E-state index contributed by atoms with van der Waals surface area (Å²) in [6.07, 6.45) is 3.72. The maximum atomic E-state index is 12.7. The van der Waals surface area contributed by atoms with Gasteiger partial charge in [-0.15, -0.1) is 11.3 Å². The standard InChI is InChI=1S/C17H16N4O3S/c1-23-15-7-18-8-16(20-15)24-12-4-5-21(9-12)17(22)11-2-3-13-14(6-11)25-10-19-13/h2-3,6-8,10,12H,4-5,9H2,1H3/t12-/m1/s1. The van der Waals surface area contributed by atoms with Crippen molar-refractivity contribution in [1.29, 1.82) is 0 Å². The molecule has 1 saturated heterocycles. The molecule has 7 nitrogen and oxygen atoms in total. The topological polar surface area (TPSA) is 77.4 Å². The number of likely N-dealkylation sites (tertiary alicyclic amines) is 1. The van der Waals surface area contributed by atoms with Gasteiger partial charge in [0.2, 0.25) is 11.8 Å². The molecule has 2 aromatic heterocycles. The predicted octanol–water partition coefficient (Wildman–Crippen LogP) is 2.39. The summed E-state index contributed by atoms with van der Waals surface area (Å²) < 4.78 is 11.9. The molecule has 1 amide bonds. The van der Waals surface area contributed by atoms with E-state index in [9.17, 15) is 4.79 Å². The highest BCUT2D eigenvalue weighted by atomic mass is 32.1. The summed E-state index contributed by atoms with van der Waals surface area (Å²) in [6, 6.07) is 5.61. The molecule has 1 aromatic carbocycles. The average Bonchev–Trinajstić information content (AvgIpc) is 3.29. The Morgan fingerprint density at radius 1 is 1.32 bits per heavy atom. The van der Waals surface area contributed by atoms with Crippen LogP contribution in [0.1, 0.15) is 16.8 Å². The molecule has 0 bridgehead atoms. The van der Waals surface area contributed by atoms with Gasteiger partial charge in [-0.3, -0.25) is 9.78 Å². The van der Waals surface area contributed by atoms with E-state index in [-0.39, 0.29) is 12.0 Å². The van der Waals surface area contributed by atoms with Gasteiger partial charge >= 0.3 is 0 Å². The predicted molar refractivity (Wildman–Crippen MR) is 93.1 cm³/mol. The van der Waals surface area contributed by atoms with Crippen LogP contribution in [0.3, 0.4) is 0 Å². The van der Waals surface area contributed by atoms with Crippen molar-refractivity contribution >= 4 is 27.5 Å². The molecule has 8 heteroatoms. The van der Waals surface area contributed by atoms with Crippen molar-refractivity contribution in [2.75, 3.05) is 20.2 Å². The van der Waals surface area contributed by atoms with Crippen LogP contribution in [0.5, 0.6) is 11.8 Å². The number of hydrogen-bond acceptors (Lipinski definition) is 7. The first-order valence-electron chi connectivity index (χ1n) is 7.88. The molecule has 0 N–H and O–H groups in total. The number of carbonyl (C=O) groups excluding carboxylic acids is 1. The molecule has 0 aliphatic carbocycles. The van der Waals surface area contributed by atoms with Gasteiger partial charge in [-0.1, -0.05) is 0 Å². The molecule has 0 saturated carbocycles. The zero-order valence-electron chi connectivity index (χ0n) is 13.6. The van der Waals surface area contributed by atoms with E-state index in [0.717, 1.165) is 16.6 Å². The maximum absolute atomic E-state index is 12.7. The van der Waals surface area contributed by atoms with Crippen LogP contribution >= 0.6 is 11.3 Å². The number of aromatic nitrogens is 3. The fraction of sp³-hybridized carbons (Fsp3) is 0.294. The molecule has 0 unspecified atom stereocenters. The first-order valence-corrected chi connectivity index (χ1v) is 8.76. The van der Waals surface area contributed by atoms with Crippen molar-refractivity contribution in [3.8, 4) is 11.8 Å². The van der Waals surface area contributed by atoms with E-state index in [2.05, 4.69) is 15.0 Å². The molecule has 0 radical (unpaired) electrons. The number of rotatable bonds is 4. The molecular formula is C17H16N4O3S. The molecule has 1 fully saturated rings. The molecular weight excluding hydrogens is 340 g/mol. The minimum atomic E-state index is -0.0995. The number of amides is 1. The lowest BCUT2D eigenvalue weighted by atomic mass is 10.2. The smallest absolute Gasteiger partial charge is 0.254 e. The number of fused-ring (bicyclic) bond motifs is 1. The van der Waals surface area contributed by atoms with Gasteiger partial charge in [0.15, 0.2) is 0 Å². The van der Waals surface area contributed by atoms with Gasteiger partial charge in [0, 0.05) is 18.5 Å². The number of hydrogen-bond donors (Lipinski definition) is 0. The quantitative estimate of drug-likeness (QED) is 0.714. The summed E-state index contributed by atoms with van der Waals surface area (Å²) in [6.45, 7) is 1.18. The summed E-state index contributed by atoms with van der Waals surface area (Å²) >= 11 is 1.53. The molecule has 1 aliphatic heterocycles. The van der Waals surface area contributed by atoms with Crippen molar-refractivity contribution in [2.24, 2.45) is 0 Å². The minimum absolute atomic E-state index is 0.0122. The van der Waals surface area contributed by atoms with Crippen molar-refractivity contribution in [1.82, 2.24) is 19.9 Å². The number of ether oxygens (including phenoxy) is 2. The third-order valence-electron chi connectivity index (χ3n) is 4.10. The van der Waals surface area contributed by atoms with Crippen LogP contribution in [0.2, 0.25) is 0 Å². The molecule has 1 atom stereocenters. The number of thiazole rings is 1. The lowest BCUT2D eigenvalue weighted by molar-refractivity contribution is 0.0771. The lowest BCUT2D eigenvalue weighted by Gasteiger charge is -2.17. The maximum Gasteiger partial charge on any atom is 0.254 e. The third kappa shape index (κ3) is 3.25. The van der Waals surface area contributed by atoms with Crippen molar-refractivity contribution in [3.05, 3.63) is 41.7 Å². The monoisotopic (exact) mass is 356 g/mol. The molecule has 0 spiro atoms. The van der Waals surface area contributed by atoms with E-state index in [1.54, 1.807) is 16.6 Å². The van der Waals surface area contributed by atoms with E-state index in [4.69, 9.17) is 9.47 Å². The van der Waals surface area contributed by atoms with Gasteiger partial charge in [-0.25, -0.2) is 4.98 Å². The Hall–Kier alpha value is -2.74. The third-order valence-corrected chi connectivity index (χ3v) is 4.89. The zero-order chi connectivity index (χ0) is 17.2. The minimum Gasteiger partial charge on any atom is -0.480 e. The molecule has 25 heavy (non-hydrogen) atoms. The molecule has 1 aliphatic rings. The number of benzene rings is 1. The van der Waals surface area contributed by atoms with Gasteiger partial charge in [-0.05, 0) is 18.2 Å². The zero-order valence-corrected chi connectivity index (χ0v) is 14.4. The van der Waals surface area contributed by atoms with Crippen LogP contribution in [0, 0.1) is 0 Å². The Balaban J connectivity index is 1.43. The first-order chi connectivity index (χ1) is 12.2. The summed E-state index contributed by atoms with van der Waals surface area (Å²) in [7, 11) is 1.53. The highest BCUT2D eigenvalue weighted by molar-refractivity contribution is 7.16. The fourth-order valence-corrected chi connectivity index (χ4v) is 3.55. The van der Waals surface area contributed by atoms with Crippen molar-refractivity contribution < 1.29 is 14.3 Å². The van der Waals surface area contributed by atoms with Gasteiger partial charge in [0.1, 0.15) is 6.10 Å². The molecule has 3 aromatic rings. The highest BCUT2D eigenvalue weighted by Gasteiger charge is 2.28. The fourth-order valence-electron chi connectivity index (χ4n) is 2.84.